The predicted molar refractivity (Wildman–Crippen MR) is 108 cm³/mol. The van der Waals surface area contributed by atoms with Crippen LogP contribution in [0, 0.1) is 5.92 Å². The van der Waals surface area contributed by atoms with Crippen LogP contribution in [0.25, 0.3) is 0 Å². The molecule has 0 saturated heterocycles. The van der Waals surface area contributed by atoms with Crippen molar-refractivity contribution in [3.8, 4) is 0 Å². The molecule has 4 nitrogen and oxygen atoms in total. The van der Waals surface area contributed by atoms with Crippen LogP contribution in [0.3, 0.4) is 0 Å². The molecule has 2 aromatic carbocycles. The number of rotatable bonds is 5. The number of amides is 1. The van der Waals surface area contributed by atoms with E-state index >= 15 is 0 Å². The van der Waals surface area contributed by atoms with Crippen LogP contribution in [-0.2, 0) is 4.74 Å². The molecule has 0 fully saturated rings. The molecule has 0 aromatic heterocycles. The summed E-state index contributed by atoms with van der Waals surface area (Å²) in [4.78, 5) is 12.4. The predicted octanol–water partition coefficient (Wildman–Crippen LogP) is 4.54. The number of carbonyl (C=O) groups is 1. The van der Waals surface area contributed by atoms with Crippen molar-refractivity contribution in [2.45, 2.75) is 18.4 Å². The third-order valence-corrected chi connectivity index (χ3v) is 5.66. The Bertz CT molecular complexity index is 880. The first-order valence-electron chi connectivity index (χ1n) is 9.27. The maximum Gasteiger partial charge on any atom is 0.251 e. The molecule has 1 heterocycles. The van der Waals surface area contributed by atoms with Gasteiger partial charge in [0.1, 0.15) is 0 Å². The van der Waals surface area contributed by atoms with Gasteiger partial charge in [-0.2, -0.15) is 0 Å². The van der Waals surface area contributed by atoms with Crippen molar-refractivity contribution in [2.24, 2.45) is 5.92 Å². The van der Waals surface area contributed by atoms with E-state index in [1.165, 1.54) is 11.1 Å². The fourth-order valence-electron chi connectivity index (χ4n) is 4.13. The largest absolute Gasteiger partial charge is 0.383 e. The lowest BCUT2D eigenvalue weighted by atomic mass is 9.76. The number of hydrogen-bond donors (Lipinski definition) is 2. The van der Waals surface area contributed by atoms with E-state index in [4.69, 9.17) is 16.3 Å². The Morgan fingerprint density at radius 3 is 3.00 bits per heavy atom. The van der Waals surface area contributed by atoms with Gasteiger partial charge in [-0.3, -0.25) is 4.79 Å². The van der Waals surface area contributed by atoms with E-state index in [1.54, 1.807) is 7.11 Å². The number of carbonyl (C=O) groups excluding carboxylic acids is 1. The number of fused-ring (bicyclic) bond motifs is 3. The Balaban J connectivity index is 1.63. The van der Waals surface area contributed by atoms with Gasteiger partial charge in [0.25, 0.3) is 5.91 Å². The van der Waals surface area contributed by atoms with Crippen molar-refractivity contribution < 1.29 is 9.53 Å². The molecule has 2 N–H and O–H groups in total. The molecule has 27 heavy (non-hydrogen) atoms. The molecule has 3 atom stereocenters. The van der Waals surface area contributed by atoms with Gasteiger partial charge in [0.05, 0.1) is 12.6 Å². The SMILES string of the molecule is COCCNC(=O)c1ccc2c(c1)C1C=CCC1C(c1cccc(Cl)c1)N2. The number of benzene rings is 2. The fraction of sp³-hybridized carbons (Fsp3) is 0.318. The maximum atomic E-state index is 12.4. The van der Waals surface area contributed by atoms with Gasteiger partial charge in [0.15, 0.2) is 0 Å². The normalized spacial score (nSPS) is 22.7. The number of hydrogen-bond acceptors (Lipinski definition) is 3. The molecular formula is C22H23ClN2O2. The van der Waals surface area contributed by atoms with E-state index in [2.05, 4.69) is 28.9 Å². The highest BCUT2D eigenvalue weighted by Gasteiger charge is 2.38. The highest BCUT2D eigenvalue weighted by molar-refractivity contribution is 6.30. The Morgan fingerprint density at radius 1 is 1.30 bits per heavy atom. The van der Waals surface area contributed by atoms with Crippen molar-refractivity contribution in [3.63, 3.8) is 0 Å². The zero-order valence-corrected chi connectivity index (χ0v) is 16.0. The first-order valence-corrected chi connectivity index (χ1v) is 9.65. The average molecular weight is 383 g/mol. The van der Waals surface area contributed by atoms with E-state index in [0.29, 0.717) is 30.6 Å². The molecule has 2 aliphatic rings. The minimum Gasteiger partial charge on any atom is -0.383 e. The molecule has 1 aliphatic heterocycles. The zero-order chi connectivity index (χ0) is 18.8. The van der Waals surface area contributed by atoms with Crippen molar-refractivity contribution in [1.29, 1.82) is 0 Å². The lowest BCUT2D eigenvalue weighted by Crippen LogP contribution is -2.30. The summed E-state index contributed by atoms with van der Waals surface area (Å²) in [5.74, 6) is 0.657. The molecular weight excluding hydrogens is 360 g/mol. The van der Waals surface area contributed by atoms with Crippen LogP contribution >= 0.6 is 11.6 Å². The topological polar surface area (TPSA) is 50.4 Å². The number of halogens is 1. The summed E-state index contributed by atoms with van der Waals surface area (Å²) in [5.41, 5.74) is 4.16. The number of allylic oxidation sites excluding steroid dienone is 2. The minimum absolute atomic E-state index is 0.0645. The van der Waals surface area contributed by atoms with E-state index in [-0.39, 0.29) is 11.9 Å². The van der Waals surface area contributed by atoms with E-state index in [1.807, 2.05) is 36.4 Å². The van der Waals surface area contributed by atoms with Crippen LogP contribution in [0.4, 0.5) is 5.69 Å². The van der Waals surface area contributed by atoms with E-state index < -0.39 is 0 Å². The zero-order valence-electron chi connectivity index (χ0n) is 15.2. The van der Waals surface area contributed by atoms with Crippen LogP contribution in [0.15, 0.2) is 54.6 Å². The van der Waals surface area contributed by atoms with Crippen molar-refractivity contribution in [2.75, 3.05) is 25.6 Å². The standard InChI is InChI=1S/C22H23ClN2O2/c1-27-11-10-24-22(26)15-8-9-20-19(13-15)17-6-3-7-18(17)21(25-20)14-4-2-5-16(23)12-14/h2-6,8-9,12-13,17-18,21,25H,7,10-11H2,1H3,(H,24,26). The molecule has 0 bridgehead atoms. The third kappa shape index (κ3) is 3.60. The van der Waals surface area contributed by atoms with Gasteiger partial charge < -0.3 is 15.4 Å². The van der Waals surface area contributed by atoms with Gasteiger partial charge in [-0.25, -0.2) is 0 Å². The average Bonchev–Trinajstić information content (AvgIpc) is 3.17. The second-order valence-corrected chi connectivity index (χ2v) is 7.52. The summed E-state index contributed by atoms with van der Waals surface area (Å²) in [6.45, 7) is 1.01. The second kappa shape index (κ2) is 7.75. The fourth-order valence-corrected chi connectivity index (χ4v) is 4.33. The highest BCUT2D eigenvalue weighted by atomic mass is 35.5. The summed E-state index contributed by atoms with van der Waals surface area (Å²) in [6.07, 6.45) is 5.53. The van der Waals surface area contributed by atoms with Crippen LogP contribution in [0.1, 0.15) is 39.9 Å². The Labute approximate surface area is 164 Å². The molecule has 3 unspecified atom stereocenters. The molecule has 0 spiro atoms. The summed E-state index contributed by atoms with van der Waals surface area (Å²) >= 11 is 6.22. The maximum absolute atomic E-state index is 12.4. The van der Waals surface area contributed by atoms with Crippen LogP contribution in [0.5, 0.6) is 0 Å². The number of ether oxygens (including phenoxy) is 1. The highest BCUT2D eigenvalue weighted by Crippen LogP contribution is 2.50. The summed E-state index contributed by atoms with van der Waals surface area (Å²) in [6, 6.07) is 14.2. The third-order valence-electron chi connectivity index (χ3n) is 5.42. The number of anilines is 1. The molecule has 1 aliphatic carbocycles. The van der Waals surface area contributed by atoms with Crippen molar-refractivity contribution >= 4 is 23.2 Å². The second-order valence-electron chi connectivity index (χ2n) is 7.08. The molecule has 140 valence electrons. The molecule has 0 saturated carbocycles. The van der Waals surface area contributed by atoms with E-state index in [9.17, 15) is 4.79 Å². The summed E-state index contributed by atoms with van der Waals surface area (Å²) < 4.78 is 4.99. The smallest absolute Gasteiger partial charge is 0.251 e. The Hall–Kier alpha value is -2.30. The van der Waals surface area contributed by atoms with Gasteiger partial charge in [-0.15, -0.1) is 0 Å². The van der Waals surface area contributed by atoms with Gasteiger partial charge in [-0.1, -0.05) is 35.9 Å². The van der Waals surface area contributed by atoms with Gasteiger partial charge >= 0.3 is 0 Å². The Kier molecular flexibility index (Phi) is 5.19. The van der Waals surface area contributed by atoms with Crippen LogP contribution < -0.4 is 10.6 Å². The molecule has 1 amide bonds. The van der Waals surface area contributed by atoms with Crippen molar-refractivity contribution in [1.82, 2.24) is 5.32 Å². The first kappa shape index (κ1) is 18.1. The van der Waals surface area contributed by atoms with Crippen LogP contribution in [-0.4, -0.2) is 26.2 Å². The lowest BCUT2D eigenvalue weighted by Gasteiger charge is -2.37. The first-order chi connectivity index (χ1) is 13.2. The van der Waals surface area contributed by atoms with E-state index in [0.717, 1.165) is 17.1 Å². The molecule has 0 radical (unpaired) electrons. The number of nitrogens with one attached hydrogen (secondary N) is 2. The molecule has 2 aromatic rings. The van der Waals surface area contributed by atoms with Crippen LogP contribution in [0.2, 0.25) is 5.02 Å². The summed E-state index contributed by atoms with van der Waals surface area (Å²) in [5, 5.41) is 7.33. The van der Waals surface area contributed by atoms with Gasteiger partial charge in [0, 0.05) is 35.8 Å². The molecule has 4 rings (SSSR count). The van der Waals surface area contributed by atoms with Crippen molar-refractivity contribution in [3.05, 3.63) is 76.3 Å². The monoisotopic (exact) mass is 382 g/mol. The Morgan fingerprint density at radius 2 is 2.19 bits per heavy atom. The van der Waals surface area contributed by atoms with Gasteiger partial charge in [-0.05, 0) is 53.8 Å². The number of methoxy groups -OCH3 is 1. The lowest BCUT2D eigenvalue weighted by molar-refractivity contribution is 0.0937. The molecule has 5 heteroatoms. The minimum atomic E-state index is -0.0645. The quantitative estimate of drug-likeness (QED) is 0.589. The summed E-state index contributed by atoms with van der Waals surface area (Å²) in [7, 11) is 1.62. The van der Waals surface area contributed by atoms with Gasteiger partial charge in [0.2, 0.25) is 0 Å².